The van der Waals surface area contributed by atoms with Crippen LogP contribution in [0.5, 0.6) is 0 Å². The van der Waals surface area contributed by atoms with Gasteiger partial charge in [-0.1, -0.05) is 90.1 Å². The Morgan fingerprint density at radius 3 is 2.38 bits per heavy atom. The fourth-order valence-corrected chi connectivity index (χ4v) is 11.7. The number of hydrogen-bond acceptors (Lipinski definition) is 7. The van der Waals surface area contributed by atoms with E-state index in [0.717, 1.165) is 5.56 Å². The minimum atomic E-state index is -1.64. The molecule has 0 radical (unpaired) electrons. The van der Waals surface area contributed by atoms with Crippen molar-refractivity contribution < 1.29 is 34.8 Å². The maximum atomic E-state index is 14.9. The van der Waals surface area contributed by atoms with E-state index in [0.29, 0.717) is 37.0 Å². The standard InChI is InChI=1S/C42H55NO7/c1-25(21-28(44)22-27(36(47)48)16-20-43-7)30-23-41(49)18-19-42(50)29(14-13-26-11-9-8-10-12-26)34-37(2,3)32(46)15-17-38(34,4)33-31(45)24-39(30,5)40(41,6)35(33)42/h8-14,18-19,22,25,28-30,34,43-44,49-50H,15-17,20-21,23-24H2,1-7H3,(H,47,48)/b14-13+,27-22+/t25-,28+,29+,30-,34-,38-,39-,40+,41+,42-/m1/s1. The van der Waals surface area contributed by atoms with Gasteiger partial charge in [0, 0.05) is 46.2 Å². The Bertz CT molecular complexity index is 1710. The zero-order chi connectivity index (χ0) is 36.7. The van der Waals surface area contributed by atoms with Gasteiger partial charge in [0.25, 0.3) is 0 Å². The van der Waals surface area contributed by atoms with E-state index in [1.54, 1.807) is 19.2 Å². The predicted octanol–water partition coefficient (Wildman–Crippen LogP) is 5.68. The third-order valence-electron chi connectivity index (χ3n) is 14.3. The number of benzene rings is 1. The van der Waals surface area contributed by atoms with E-state index in [1.165, 1.54) is 6.08 Å². The van der Waals surface area contributed by atoms with E-state index >= 15 is 0 Å². The molecule has 0 unspecified atom stereocenters. The lowest BCUT2D eigenvalue weighted by molar-refractivity contribution is -0.161. The quantitative estimate of drug-likeness (QED) is 0.156. The highest BCUT2D eigenvalue weighted by molar-refractivity contribution is 6.02. The van der Waals surface area contributed by atoms with Crippen molar-refractivity contribution in [1.82, 2.24) is 5.32 Å². The van der Waals surface area contributed by atoms with Gasteiger partial charge < -0.3 is 25.7 Å². The number of carbonyl (C=O) groups is 3. The molecule has 5 aliphatic rings. The zero-order valence-electron chi connectivity index (χ0n) is 30.6. The van der Waals surface area contributed by atoms with Crippen LogP contribution in [0.3, 0.4) is 0 Å². The first-order valence-corrected chi connectivity index (χ1v) is 18.3. The average molecular weight is 686 g/mol. The number of aliphatic carboxylic acids is 1. The van der Waals surface area contributed by atoms with Crippen LogP contribution in [0.4, 0.5) is 0 Å². The number of allylic oxidation sites excluding steroid dienone is 1. The van der Waals surface area contributed by atoms with E-state index in [-0.39, 0.29) is 54.2 Å². The predicted molar refractivity (Wildman–Crippen MR) is 193 cm³/mol. The second-order valence-corrected chi connectivity index (χ2v) is 17.3. The summed E-state index contributed by atoms with van der Waals surface area (Å²) in [4.78, 5) is 40.4. The lowest BCUT2D eigenvalue weighted by Crippen LogP contribution is -2.69. The molecule has 50 heavy (non-hydrogen) atoms. The van der Waals surface area contributed by atoms with Gasteiger partial charge in [-0.05, 0) is 85.7 Å². The first kappa shape index (κ1) is 36.6. The number of rotatable bonds is 10. The number of fused-ring (bicyclic) bond motifs is 2. The van der Waals surface area contributed by atoms with Crippen molar-refractivity contribution in [1.29, 1.82) is 0 Å². The van der Waals surface area contributed by atoms with E-state index in [1.807, 2.05) is 70.2 Å². The van der Waals surface area contributed by atoms with Crippen molar-refractivity contribution in [3.63, 3.8) is 0 Å². The molecule has 2 saturated carbocycles. The van der Waals surface area contributed by atoms with Crippen molar-refractivity contribution in [2.24, 2.45) is 45.3 Å². The second kappa shape index (κ2) is 12.2. The maximum Gasteiger partial charge on any atom is 0.331 e. The summed E-state index contributed by atoms with van der Waals surface area (Å²) in [6.45, 7) is 12.6. The number of carbonyl (C=O) groups excluding carboxylic acids is 2. The number of aliphatic hydroxyl groups excluding tert-OH is 1. The van der Waals surface area contributed by atoms with Crippen molar-refractivity contribution in [3.8, 4) is 0 Å². The summed E-state index contributed by atoms with van der Waals surface area (Å²) in [5, 5.41) is 49.9. The van der Waals surface area contributed by atoms with Crippen LogP contribution in [0, 0.1) is 45.3 Å². The normalized spacial score (nSPS) is 40.1. The zero-order valence-corrected chi connectivity index (χ0v) is 30.6. The van der Waals surface area contributed by atoms with Gasteiger partial charge in [-0.15, -0.1) is 0 Å². The van der Waals surface area contributed by atoms with Crippen LogP contribution in [-0.4, -0.2) is 68.9 Å². The largest absolute Gasteiger partial charge is 0.478 e. The third kappa shape index (κ3) is 5.03. The lowest BCUT2D eigenvalue weighted by atomic mass is 9.36. The summed E-state index contributed by atoms with van der Waals surface area (Å²) >= 11 is 0. The van der Waals surface area contributed by atoms with Gasteiger partial charge in [0.15, 0.2) is 5.78 Å². The topological polar surface area (TPSA) is 144 Å². The molecule has 1 aromatic carbocycles. The van der Waals surface area contributed by atoms with E-state index in [2.05, 4.69) is 19.2 Å². The minimum Gasteiger partial charge on any atom is -0.478 e. The highest BCUT2D eigenvalue weighted by atomic mass is 16.4. The van der Waals surface area contributed by atoms with Crippen LogP contribution >= 0.6 is 0 Å². The molecular weight excluding hydrogens is 630 g/mol. The highest BCUT2D eigenvalue weighted by Gasteiger charge is 2.78. The Morgan fingerprint density at radius 1 is 1.06 bits per heavy atom. The van der Waals surface area contributed by atoms with Gasteiger partial charge in [-0.25, -0.2) is 4.79 Å². The molecule has 0 spiro atoms. The Kier molecular flexibility index (Phi) is 8.95. The van der Waals surface area contributed by atoms with Gasteiger partial charge in [-0.3, -0.25) is 9.59 Å². The molecule has 0 bridgehead atoms. The summed E-state index contributed by atoms with van der Waals surface area (Å²) in [6, 6.07) is 9.85. The summed E-state index contributed by atoms with van der Waals surface area (Å²) in [5.74, 6) is -2.35. The van der Waals surface area contributed by atoms with E-state index < -0.39 is 50.9 Å². The van der Waals surface area contributed by atoms with Crippen molar-refractivity contribution >= 4 is 23.6 Å². The molecule has 0 aromatic heterocycles. The first-order valence-electron chi connectivity index (χ1n) is 18.3. The number of hydrogen-bond donors (Lipinski definition) is 5. The monoisotopic (exact) mass is 685 g/mol. The molecule has 0 aliphatic heterocycles. The van der Waals surface area contributed by atoms with Crippen molar-refractivity contribution in [2.75, 3.05) is 13.6 Å². The van der Waals surface area contributed by atoms with Gasteiger partial charge in [0.1, 0.15) is 11.4 Å². The van der Waals surface area contributed by atoms with Crippen LogP contribution in [-0.2, 0) is 14.4 Å². The molecule has 2 fully saturated rings. The molecular formula is C42H55NO7. The third-order valence-corrected chi connectivity index (χ3v) is 14.3. The number of aliphatic hydroxyl groups is 3. The highest BCUT2D eigenvalue weighted by Crippen LogP contribution is 2.78. The Labute approximate surface area is 296 Å². The molecule has 8 heteroatoms. The molecule has 8 nitrogen and oxygen atoms in total. The van der Waals surface area contributed by atoms with Gasteiger partial charge in [0.05, 0.1) is 11.7 Å². The molecule has 0 saturated heterocycles. The van der Waals surface area contributed by atoms with Crippen LogP contribution in [0.25, 0.3) is 6.08 Å². The number of carboxylic acids is 1. The van der Waals surface area contributed by atoms with Gasteiger partial charge in [-0.2, -0.15) is 0 Å². The summed E-state index contributed by atoms with van der Waals surface area (Å²) in [7, 11) is 1.74. The van der Waals surface area contributed by atoms with Gasteiger partial charge >= 0.3 is 5.97 Å². The molecule has 1 aromatic rings. The van der Waals surface area contributed by atoms with Crippen molar-refractivity contribution in [2.45, 2.75) is 97.4 Å². The fraction of sp³-hybridized carbons (Fsp3) is 0.595. The molecule has 0 heterocycles. The molecule has 6 rings (SSSR count). The molecule has 10 atom stereocenters. The molecule has 0 amide bonds. The first-order chi connectivity index (χ1) is 23.3. The number of nitrogens with one attached hydrogen (secondary N) is 1. The van der Waals surface area contributed by atoms with Gasteiger partial charge in [0.2, 0.25) is 0 Å². The number of carboxylic acid groups (broad SMARTS) is 1. The maximum absolute atomic E-state index is 14.9. The Hall–Kier alpha value is -3.17. The van der Waals surface area contributed by atoms with E-state index in [4.69, 9.17) is 0 Å². The number of ketones is 2. The SMILES string of the molecule is CNCC/C(=C\[C@@H](O)C[C@@H](C)[C@H]1C[C@@]2(O)C=C[C@]3(O)C4=C(C(=O)C[C@@]1(C)[C@]42C)[C@@]1(C)CCC(=O)C(C)(C)[C@H]1[C@@H]3/C=C/c1ccccc1)C(=O)O. The minimum absolute atomic E-state index is 0.0426. The fourth-order valence-electron chi connectivity index (χ4n) is 11.7. The summed E-state index contributed by atoms with van der Waals surface area (Å²) < 4.78 is 0. The number of Topliss-reactive ketones (excluding diaryl/α,β-unsaturated/α-hetero) is 2. The molecule has 270 valence electrons. The Balaban J connectivity index is 1.50. The second-order valence-electron chi connectivity index (χ2n) is 17.3. The van der Waals surface area contributed by atoms with E-state index in [9.17, 15) is 34.8 Å². The average Bonchev–Trinajstić information content (AvgIpc) is 3.23. The van der Waals surface area contributed by atoms with Crippen LogP contribution in [0.15, 0.2) is 71.4 Å². The van der Waals surface area contributed by atoms with Crippen molar-refractivity contribution in [3.05, 3.63) is 76.9 Å². The molecule has 5 N–H and O–H groups in total. The summed E-state index contributed by atoms with van der Waals surface area (Å²) in [5.41, 5.74) is -4.11. The van der Waals surface area contributed by atoms with Crippen LogP contribution < -0.4 is 5.32 Å². The smallest absolute Gasteiger partial charge is 0.331 e. The lowest BCUT2D eigenvalue weighted by Gasteiger charge is -2.68. The van der Waals surface area contributed by atoms with Crippen LogP contribution in [0.1, 0.15) is 85.6 Å². The van der Waals surface area contributed by atoms with Crippen LogP contribution in [0.2, 0.25) is 0 Å². The summed E-state index contributed by atoms with van der Waals surface area (Å²) in [6.07, 6.45) is 9.75. The molecule has 5 aliphatic carbocycles. The Morgan fingerprint density at radius 2 is 1.74 bits per heavy atom.